The number of aliphatic hydroxyl groups excluding tert-OH is 1. The molecule has 0 atom stereocenters. The first-order chi connectivity index (χ1) is 21.0. The number of aromatic nitrogens is 1. The lowest BCUT2D eigenvalue weighted by molar-refractivity contribution is -0.146. The number of hydrogen-bond donors (Lipinski definition) is 1. The second kappa shape index (κ2) is 13.4. The van der Waals surface area contributed by atoms with Gasteiger partial charge in [-0.05, 0) is 67.7 Å². The van der Waals surface area contributed by atoms with Gasteiger partial charge in [-0.1, -0.05) is 62.4 Å². The van der Waals surface area contributed by atoms with Crippen LogP contribution >= 0.6 is 0 Å². The zero-order chi connectivity index (χ0) is 31.4. The number of nitrogens with zero attached hydrogens (tertiary/aromatic N) is 3. The number of carbonyl (C=O) groups excluding carboxylic acids is 2. The smallest absolute Gasteiger partial charge is 0.410 e. The van der Waals surface area contributed by atoms with Crippen LogP contribution in [0.5, 0.6) is 0 Å². The Morgan fingerprint density at radius 1 is 1.02 bits per heavy atom. The number of amides is 1. The third kappa shape index (κ3) is 7.24. The normalized spacial score (nSPS) is 16.1. The summed E-state index contributed by atoms with van der Waals surface area (Å²) in [5.74, 6) is -0.282. The molecule has 0 saturated carbocycles. The van der Waals surface area contributed by atoms with Crippen molar-refractivity contribution in [3.05, 3.63) is 82.2 Å². The fourth-order valence-corrected chi connectivity index (χ4v) is 6.22. The highest BCUT2D eigenvalue weighted by Gasteiger charge is 2.31. The molecule has 0 radical (unpaired) electrons. The van der Waals surface area contributed by atoms with Crippen LogP contribution in [0, 0.1) is 12.3 Å². The van der Waals surface area contributed by atoms with E-state index in [9.17, 15) is 14.7 Å². The fourth-order valence-electron chi connectivity index (χ4n) is 6.22. The molecule has 0 aliphatic carbocycles. The largest absolute Gasteiger partial charge is 0.463 e. The molecule has 0 bridgehead atoms. The Bertz CT molecular complexity index is 1490. The highest BCUT2D eigenvalue weighted by molar-refractivity contribution is 5.87. The molecule has 3 heterocycles. The van der Waals surface area contributed by atoms with E-state index in [0.717, 1.165) is 70.7 Å². The van der Waals surface area contributed by atoms with Gasteiger partial charge in [0.15, 0.2) is 0 Å². The molecule has 1 amide bonds. The third-order valence-corrected chi connectivity index (χ3v) is 8.79. The molecule has 2 aliphatic rings. The van der Waals surface area contributed by atoms with Crippen molar-refractivity contribution in [3.63, 3.8) is 0 Å². The molecule has 1 fully saturated rings. The number of hydrogen-bond acceptors (Lipinski definition) is 7. The zero-order valence-electron chi connectivity index (χ0n) is 26.7. The number of fused-ring (bicyclic) bond motifs is 1. The summed E-state index contributed by atoms with van der Waals surface area (Å²) in [4.78, 5) is 34.8. The SMILES string of the molecule is Cc1nc(CO)c(-c2ccc3c(c2)CCN(C(=O)OCc2ccccc2)C3)c(N2CCC(C)(C)CC2)c1CC(=O)OC(C)C. The molecule has 234 valence electrons. The fraction of sp³-hybridized carbons (Fsp3) is 0.472. The Balaban J connectivity index is 1.47. The number of piperidine rings is 1. The van der Waals surface area contributed by atoms with E-state index in [4.69, 9.17) is 14.5 Å². The Morgan fingerprint density at radius 3 is 2.43 bits per heavy atom. The quantitative estimate of drug-likeness (QED) is 0.301. The van der Waals surface area contributed by atoms with Gasteiger partial charge in [-0.2, -0.15) is 0 Å². The Labute approximate surface area is 261 Å². The first kappa shape index (κ1) is 31.5. The minimum atomic E-state index is -0.317. The summed E-state index contributed by atoms with van der Waals surface area (Å²) in [6.45, 7) is 13.0. The van der Waals surface area contributed by atoms with E-state index in [1.165, 1.54) is 0 Å². The maximum absolute atomic E-state index is 13.0. The summed E-state index contributed by atoms with van der Waals surface area (Å²) in [6, 6.07) is 16.0. The zero-order valence-corrected chi connectivity index (χ0v) is 26.7. The summed E-state index contributed by atoms with van der Waals surface area (Å²) in [6.07, 6.45) is 2.34. The lowest BCUT2D eigenvalue weighted by Crippen LogP contribution is -2.38. The van der Waals surface area contributed by atoms with Crippen molar-refractivity contribution in [3.8, 4) is 11.1 Å². The summed E-state index contributed by atoms with van der Waals surface area (Å²) in [5, 5.41) is 10.5. The second-order valence-corrected chi connectivity index (χ2v) is 13.1. The van der Waals surface area contributed by atoms with E-state index < -0.39 is 0 Å². The van der Waals surface area contributed by atoms with Crippen LogP contribution in [0.4, 0.5) is 10.5 Å². The number of aliphatic hydroxyl groups is 1. The van der Waals surface area contributed by atoms with Gasteiger partial charge >= 0.3 is 12.1 Å². The van der Waals surface area contributed by atoms with E-state index in [1.807, 2.05) is 51.1 Å². The minimum absolute atomic E-state index is 0.121. The van der Waals surface area contributed by atoms with Gasteiger partial charge in [0.1, 0.15) is 6.61 Å². The Morgan fingerprint density at radius 2 is 1.75 bits per heavy atom. The van der Waals surface area contributed by atoms with Crippen molar-refractivity contribution in [2.75, 3.05) is 24.5 Å². The van der Waals surface area contributed by atoms with Gasteiger partial charge in [0, 0.05) is 43.0 Å². The number of pyridine rings is 1. The molecule has 2 aromatic carbocycles. The summed E-state index contributed by atoms with van der Waals surface area (Å²) < 4.78 is 11.1. The molecule has 1 N–H and O–H groups in total. The van der Waals surface area contributed by atoms with Gasteiger partial charge in [0.05, 0.1) is 30.5 Å². The number of aryl methyl sites for hydroxylation is 1. The van der Waals surface area contributed by atoms with Crippen molar-refractivity contribution in [1.82, 2.24) is 9.88 Å². The van der Waals surface area contributed by atoms with Crippen molar-refractivity contribution in [1.29, 1.82) is 0 Å². The topological polar surface area (TPSA) is 92.2 Å². The van der Waals surface area contributed by atoms with Crippen molar-refractivity contribution in [2.45, 2.75) is 86.2 Å². The van der Waals surface area contributed by atoms with E-state index in [-0.39, 0.29) is 43.2 Å². The predicted octanol–water partition coefficient (Wildman–Crippen LogP) is 6.36. The molecule has 0 spiro atoms. The maximum atomic E-state index is 13.0. The molecule has 1 saturated heterocycles. The lowest BCUT2D eigenvalue weighted by atomic mass is 9.81. The Kier molecular flexibility index (Phi) is 9.59. The summed E-state index contributed by atoms with van der Waals surface area (Å²) in [7, 11) is 0. The predicted molar refractivity (Wildman–Crippen MR) is 171 cm³/mol. The highest BCUT2D eigenvalue weighted by atomic mass is 16.6. The van der Waals surface area contributed by atoms with Gasteiger partial charge in [-0.25, -0.2) is 4.79 Å². The van der Waals surface area contributed by atoms with Gasteiger partial charge in [-0.15, -0.1) is 0 Å². The van der Waals surface area contributed by atoms with Crippen LogP contribution in [0.3, 0.4) is 0 Å². The molecule has 44 heavy (non-hydrogen) atoms. The molecule has 2 aliphatic heterocycles. The van der Waals surface area contributed by atoms with E-state index in [0.29, 0.717) is 25.2 Å². The monoisotopic (exact) mass is 599 g/mol. The van der Waals surface area contributed by atoms with Crippen LogP contribution in [-0.2, 0) is 46.9 Å². The molecular weight excluding hydrogens is 554 g/mol. The van der Waals surface area contributed by atoms with Crippen molar-refractivity contribution < 1.29 is 24.2 Å². The van der Waals surface area contributed by atoms with E-state index in [2.05, 4.69) is 36.9 Å². The van der Waals surface area contributed by atoms with E-state index >= 15 is 0 Å². The Hall–Kier alpha value is -3.91. The van der Waals surface area contributed by atoms with Crippen LogP contribution in [0.2, 0.25) is 0 Å². The minimum Gasteiger partial charge on any atom is -0.463 e. The first-order valence-corrected chi connectivity index (χ1v) is 15.7. The average Bonchev–Trinajstić information content (AvgIpc) is 3.00. The molecule has 1 aromatic heterocycles. The van der Waals surface area contributed by atoms with Crippen molar-refractivity contribution in [2.24, 2.45) is 5.41 Å². The number of carbonyl (C=O) groups is 2. The van der Waals surface area contributed by atoms with Gasteiger partial charge in [0.2, 0.25) is 0 Å². The van der Waals surface area contributed by atoms with Crippen LogP contribution in [0.25, 0.3) is 11.1 Å². The molecule has 8 heteroatoms. The summed E-state index contributed by atoms with van der Waals surface area (Å²) in [5.41, 5.74) is 8.43. The number of rotatable bonds is 8. The lowest BCUT2D eigenvalue weighted by Gasteiger charge is -2.40. The molecule has 5 rings (SSSR count). The van der Waals surface area contributed by atoms with Gasteiger partial charge < -0.3 is 24.4 Å². The van der Waals surface area contributed by atoms with Gasteiger partial charge in [-0.3, -0.25) is 9.78 Å². The molecule has 0 unspecified atom stereocenters. The number of benzene rings is 2. The highest BCUT2D eigenvalue weighted by Crippen LogP contribution is 2.42. The first-order valence-electron chi connectivity index (χ1n) is 15.7. The molecular formula is C36H45N3O5. The summed E-state index contributed by atoms with van der Waals surface area (Å²) >= 11 is 0. The van der Waals surface area contributed by atoms with Crippen LogP contribution < -0.4 is 4.90 Å². The van der Waals surface area contributed by atoms with Gasteiger partial charge in [0.25, 0.3) is 0 Å². The number of anilines is 1. The number of ether oxygens (including phenoxy) is 2. The van der Waals surface area contributed by atoms with Crippen LogP contribution in [0.15, 0.2) is 48.5 Å². The third-order valence-electron chi connectivity index (χ3n) is 8.79. The maximum Gasteiger partial charge on any atom is 0.410 e. The standard InChI is InChI=1S/C36H45N3O5/c1-24(2)44-32(41)20-30-25(3)37-31(22-40)33(34(30)38-17-14-36(4,5)15-18-38)28-11-12-29-21-39(16-13-27(29)19-28)35(42)43-23-26-9-7-6-8-10-26/h6-12,19,24,40H,13-18,20-23H2,1-5H3. The van der Waals surface area contributed by atoms with Crippen LogP contribution in [0.1, 0.15) is 74.2 Å². The molecule has 3 aromatic rings. The van der Waals surface area contributed by atoms with E-state index in [1.54, 1.807) is 4.90 Å². The molecule has 8 nitrogen and oxygen atoms in total. The van der Waals surface area contributed by atoms with Crippen LogP contribution in [-0.4, -0.2) is 52.8 Å². The second-order valence-electron chi connectivity index (χ2n) is 13.1. The number of esters is 1. The average molecular weight is 600 g/mol. The van der Waals surface area contributed by atoms with Crippen molar-refractivity contribution >= 4 is 17.7 Å².